The van der Waals surface area contributed by atoms with Crippen molar-refractivity contribution >= 4 is 17.2 Å². The molecule has 3 rings (SSSR count). The summed E-state index contributed by atoms with van der Waals surface area (Å²) in [5.41, 5.74) is 0.627. The van der Waals surface area contributed by atoms with Gasteiger partial charge in [-0.3, -0.25) is 4.79 Å². The van der Waals surface area contributed by atoms with Gasteiger partial charge in [0.05, 0.1) is 11.3 Å². The van der Waals surface area contributed by atoms with E-state index >= 15 is 0 Å². The first-order valence-corrected chi connectivity index (χ1v) is 10.1. The second-order valence-corrected chi connectivity index (χ2v) is 7.46. The lowest BCUT2D eigenvalue weighted by Gasteiger charge is -2.21. The van der Waals surface area contributed by atoms with E-state index in [9.17, 15) is 4.79 Å². The first kappa shape index (κ1) is 18.1. The predicted octanol–water partition coefficient (Wildman–Crippen LogP) is 2.53. The molecule has 0 atom stereocenters. The monoisotopic (exact) mass is 361 g/mol. The van der Waals surface area contributed by atoms with E-state index in [0.29, 0.717) is 5.69 Å². The first-order valence-electron chi connectivity index (χ1n) is 9.18. The van der Waals surface area contributed by atoms with Gasteiger partial charge in [0.1, 0.15) is 5.69 Å². The second kappa shape index (κ2) is 9.10. The fourth-order valence-corrected chi connectivity index (χ4v) is 4.07. The van der Waals surface area contributed by atoms with E-state index in [-0.39, 0.29) is 5.91 Å². The molecule has 1 saturated heterocycles. The van der Waals surface area contributed by atoms with Gasteiger partial charge in [0.2, 0.25) is 0 Å². The number of carbonyl (C=O) groups is 1. The van der Waals surface area contributed by atoms with Crippen LogP contribution < -0.4 is 0 Å². The summed E-state index contributed by atoms with van der Waals surface area (Å²) in [6.07, 6.45) is 9.86. The fourth-order valence-electron chi connectivity index (χ4n) is 3.19. The maximum atomic E-state index is 12.7. The molecule has 3 heterocycles. The van der Waals surface area contributed by atoms with Gasteiger partial charge in [0.25, 0.3) is 5.91 Å². The zero-order valence-corrected chi connectivity index (χ0v) is 15.7. The van der Waals surface area contributed by atoms with Crippen LogP contribution in [0.25, 0.3) is 0 Å². The topological polar surface area (TPSA) is 54.3 Å². The van der Waals surface area contributed by atoms with Crippen molar-refractivity contribution in [3.63, 3.8) is 0 Å². The van der Waals surface area contributed by atoms with Crippen LogP contribution in [0.4, 0.5) is 0 Å². The van der Waals surface area contributed by atoms with Crippen LogP contribution in [-0.4, -0.2) is 63.0 Å². The van der Waals surface area contributed by atoms with E-state index in [1.165, 1.54) is 0 Å². The van der Waals surface area contributed by atoms with Gasteiger partial charge in [0.15, 0.2) is 0 Å². The Morgan fingerprint density at radius 2 is 2.16 bits per heavy atom. The highest BCUT2D eigenvalue weighted by molar-refractivity contribution is 7.09. The van der Waals surface area contributed by atoms with Crippen molar-refractivity contribution < 1.29 is 4.79 Å². The van der Waals surface area contributed by atoms with Crippen LogP contribution in [0.1, 0.15) is 41.7 Å². The summed E-state index contributed by atoms with van der Waals surface area (Å²) in [6, 6.07) is 0. The van der Waals surface area contributed by atoms with Crippen molar-refractivity contribution in [2.75, 3.05) is 32.7 Å². The lowest BCUT2D eigenvalue weighted by Crippen LogP contribution is -2.35. The van der Waals surface area contributed by atoms with Gasteiger partial charge < -0.3 is 14.4 Å². The van der Waals surface area contributed by atoms with Gasteiger partial charge in [-0.1, -0.05) is 6.92 Å². The first-order chi connectivity index (χ1) is 12.3. The van der Waals surface area contributed by atoms with Crippen molar-refractivity contribution in [1.29, 1.82) is 0 Å². The molecule has 0 unspecified atom stereocenters. The Balaban J connectivity index is 1.46. The highest BCUT2D eigenvalue weighted by Gasteiger charge is 2.22. The van der Waals surface area contributed by atoms with E-state index < -0.39 is 0 Å². The van der Waals surface area contributed by atoms with Gasteiger partial charge in [-0.15, -0.1) is 11.3 Å². The summed E-state index contributed by atoms with van der Waals surface area (Å²) in [4.78, 5) is 25.7. The smallest absolute Gasteiger partial charge is 0.273 e. The van der Waals surface area contributed by atoms with E-state index in [1.54, 1.807) is 11.3 Å². The van der Waals surface area contributed by atoms with Gasteiger partial charge in [-0.25, -0.2) is 9.97 Å². The van der Waals surface area contributed by atoms with Crippen LogP contribution in [0.3, 0.4) is 0 Å². The number of imidazole rings is 1. The Hall–Kier alpha value is -1.73. The minimum Gasteiger partial charge on any atom is -0.337 e. The predicted molar refractivity (Wildman–Crippen MR) is 99.9 cm³/mol. The summed E-state index contributed by atoms with van der Waals surface area (Å²) in [7, 11) is 0. The number of aromatic nitrogens is 3. The van der Waals surface area contributed by atoms with Gasteiger partial charge in [0, 0.05) is 44.0 Å². The van der Waals surface area contributed by atoms with Crippen LogP contribution in [0.15, 0.2) is 24.1 Å². The third-order valence-corrected chi connectivity index (χ3v) is 5.47. The molecule has 0 N–H and O–H groups in total. The molecule has 0 bridgehead atoms. The van der Waals surface area contributed by atoms with Crippen molar-refractivity contribution in [2.45, 2.75) is 39.2 Å². The average Bonchev–Trinajstić information content (AvgIpc) is 3.24. The number of carbonyl (C=O) groups excluding carboxylic acids is 1. The Kier molecular flexibility index (Phi) is 6.58. The summed E-state index contributed by atoms with van der Waals surface area (Å²) < 4.78 is 2.11. The number of nitrogens with zero attached hydrogens (tertiary/aromatic N) is 5. The Labute approximate surface area is 153 Å². The molecule has 136 valence electrons. The molecule has 1 fully saturated rings. The van der Waals surface area contributed by atoms with Crippen molar-refractivity contribution in [2.24, 2.45) is 0 Å². The minimum absolute atomic E-state index is 0.0962. The summed E-state index contributed by atoms with van der Waals surface area (Å²) >= 11 is 1.61. The standard InChI is InChI=1S/C18H27N5OS/c1-2-5-17-20-16(14-25-17)18(24)23-10-4-8-21(12-13-23)7-3-9-22-11-6-19-15-22/h6,11,14-15H,2-5,7-10,12-13H2,1H3. The third-order valence-electron chi connectivity index (χ3n) is 4.56. The Morgan fingerprint density at radius 1 is 1.24 bits per heavy atom. The van der Waals surface area contributed by atoms with E-state index in [4.69, 9.17) is 0 Å². The molecular weight excluding hydrogens is 334 g/mol. The Bertz CT molecular complexity index is 654. The van der Waals surface area contributed by atoms with E-state index in [0.717, 1.165) is 70.0 Å². The zero-order chi connectivity index (χ0) is 17.5. The molecule has 0 aromatic carbocycles. The number of hydrogen-bond acceptors (Lipinski definition) is 5. The molecule has 1 amide bonds. The fraction of sp³-hybridized carbons (Fsp3) is 0.611. The van der Waals surface area contributed by atoms with Gasteiger partial charge >= 0.3 is 0 Å². The van der Waals surface area contributed by atoms with Crippen LogP contribution in [0.2, 0.25) is 0 Å². The molecule has 7 heteroatoms. The Morgan fingerprint density at radius 3 is 2.96 bits per heavy atom. The summed E-state index contributed by atoms with van der Waals surface area (Å²) in [5, 5.41) is 2.99. The molecule has 1 aliphatic rings. The quantitative estimate of drug-likeness (QED) is 0.760. The highest BCUT2D eigenvalue weighted by Crippen LogP contribution is 2.15. The molecule has 0 aliphatic carbocycles. The highest BCUT2D eigenvalue weighted by atomic mass is 32.1. The number of amides is 1. The van der Waals surface area contributed by atoms with E-state index in [2.05, 4.69) is 26.4 Å². The molecule has 0 radical (unpaired) electrons. The molecule has 2 aromatic heterocycles. The normalized spacial score (nSPS) is 16.1. The number of rotatable bonds is 7. The lowest BCUT2D eigenvalue weighted by molar-refractivity contribution is 0.0756. The summed E-state index contributed by atoms with van der Waals surface area (Å²) in [6.45, 7) is 7.84. The molecule has 2 aromatic rings. The van der Waals surface area contributed by atoms with Gasteiger partial charge in [-0.05, 0) is 38.8 Å². The molecule has 0 spiro atoms. The minimum atomic E-state index is 0.0962. The van der Waals surface area contributed by atoms with Crippen molar-refractivity contribution in [3.05, 3.63) is 34.8 Å². The van der Waals surface area contributed by atoms with Crippen LogP contribution in [0.5, 0.6) is 0 Å². The molecule has 25 heavy (non-hydrogen) atoms. The number of thiazole rings is 1. The second-order valence-electron chi connectivity index (χ2n) is 6.52. The van der Waals surface area contributed by atoms with Gasteiger partial charge in [-0.2, -0.15) is 0 Å². The number of hydrogen-bond donors (Lipinski definition) is 0. The molecule has 6 nitrogen and oxygen atoms in total. The largest absolute Gasteiger partial charge is 0.337 e. The van der Waals surface area contributed by atoms with Crippen molar-refractivity contribution in [1.82, 2.24) is 24.3 Å². The molecular formula is C18H27N5OS. The average molecular weight is 362 g/mol. The van der Waals surface area contributed by atoms with Crippen LogP contribution in [0, 0.1) is 0 Å². The molecule has 1 aliphatic heterocycles. The number of aryl methyl sites for hydroxylation is 2. The van der Waals surface area contributed by atoms with Crippen molar-refractivity contribution in [3.8, 4) is 0 Å². The third kappa shape index (κ3) is 5.12. The summed E-state index contributed by atoms with van der Waals surface area (Å²) in [5.74, 6) is 0.0962. The maximum Gasteiger partial charge on any atom is 0.273 e. The SMILES string of the molecule is CCCc1nc(C(=O)N2CCCN(CCCn3ccnc3)CC2)cs1. The van der Waals surface area contributed by atoms with E-state index in [1.807, 2.05) is 29.0 Å². The molecule has 0 saturated carbocycles. The van der Waals surface area contributed by atoms with Crippen LogP contribution >= 0.6 is 11.3 Å². The zero-order valence-electron chi connectivity index (χ0n) is 14.9. The van der Waals surface area contributed by atoms with Crippen LogP contribution in [-0.2, 0) is 13.0 Å². The maximum absolute atomic E-state index is 12.7. The lowest BCUT2D eigenvalue weighted by atomic mass is 10.3.